The number of hydrogen-bond acceptors (Lipinski definition) is 1. The molecule has 8 heteroatoms. The molecule has 0 spiro atoms. The molecule has 0 fully saturated rings. The van der Waals surface area contributed by atoms with Gasteiger partial charge in [0.05, 0.1) is 0 Å². The minimum absolute atomic E-state index is 0.0121. The lowest BCUT2D eigenvalue weighted by Gasteiger charge is -2.32. The highest BCUT2D eigenvalue weighted by Crippen LogP contribution is 2.54. The largest absolute Gasteiger partial charge is 0.435 e. The summed E-state index contributed by atoms with van der Waals surface area (Å²) in [5.74, 6) is 0. The second-order valence-corrected chi connectivity index (χ2v) is 5.03. The Labute approximate surface area is 123 Å². The van der Waals surface area contributed by atoms with Crippen LogP contribution >= 0.6 is 0 Å². The van der Waals surface area contributed by atoms with Gasteiger partial charge in [-0.05, 0) is 30.5 Å². The SMILES string of the molecule is CCCCCc1cc(N)ccc1C(F)(C(F)(F)F)C(F)(F)F. The zero-order chi connectivity index (χ0) is 17.2. The Morgan fingerprint density at radius 1 is 0.909 bits per heavy atom. The van der Waals surface area contributed by atoms with E-state index >= 15 is 0 Å². The first kappa shape index (κ1) is 18.6. The van der Waals surface area contributed by atoms with E-state index in [2.05, 4.69) is 0 Å². The molecule has 0 aliphatic carbocycles. The highest BCUT2D eigenvalue weighted by atomic mass is 19.4. The molecule has 0 amide bonds. The number of aryl methyl sites for hydroxylation is 1. The summed E-state index contributed by atoms with van der Waals surface area (Å²) in [5.41, 5.74) is -1.81. The van der Waals surface area contributed by atoms with Crippen molar-refractivity contribution in [3.63, 3.8) is 0 Å². The molecule has 0 unspecified atom stereocenters. The van der Waals surface area contributed by atoms with E-state index in [0.717, 1.165) is 18.6 Å². The second kappa shape index (κ2) is 6.34. The van der Waals surface area contributed by atoms with Gasteiger partial charge in [-0.15, -0.1) is 0 Å². The molecule has 0 heterocycles. The number of unbranched alkanes of at least 4 members (excludes halogenated alkanes) is 2. The fourth-order valence-corrected chi connectivity index (χ4v) is 2.19. The number of rotatable bonds is 5. The van der Waals surface area contributed by atoms with Crippen LogP contribution in [0.25, 0.3) is 0 Å². The maximum atomic E-state index is 14.1. The summed E-state index contributed by atoms with van der Waals surface area (Å²) in [4.78, 5) is 0. The fourth-order valence-electron chi connectivity index (χ4n) is 2.19. The number of benzene rings is 1. The standard InChI is InChI=1S/C14H16F7N/c1-2-3-4-5-9-8-10(22)6-7-11(9)12(15,13(16,17)18)14(19,20)21/h6-8H,2-5,22H2,1H3. The minimum Gasteiger partial charge on any atom is -0.399 e. The molecule has 126 valence electrons. The van der Waals surface area contributed by atoms with Crippen molar-refractivity contribution in [1.82, 2.24) is 0 Å². The molecule has 1 aromatic carbocycles. The summed E-state index contributed by atoms with van der Waals surface area (Å²) in [6, 6.07) is 2.28. The molecule has 1 rings (SSSR count). The number of anilines is 1. The molecule has 0 aromatic heterocycles. The number of nitrogen functional groups attached to an aromatic ring is 1. The van der Waals surface area contributed by atoms with Gasteiger partial charge in [0.2, 0.25) is 0 Å². The van der Waals surface area contributed by atoms with E-state index in [1.54, 1.807) is 0 Å². The van der Waals surface area contributed by atoms with Crippen molar-refractivity contribution in [1.29, 1.82) is 0 Å². The monoisotopic (exact) mass is 331 g/mol. The van der Waals surface area contributed by atoms with E-state index in [1.807, 2.05) is 6.92 Å². The lowest BCUT2D eigenvalue weighted by molar-refractivity contribution is -0.348. The van der Waals surface area contributed by atoms with Gasteiger partial charge < -0.3 is 5.73 Å². The Kier molecular flexibility index (Phi) is 5.35. The topological polar surface area (TPSA) is 26.0 Å². The van der Waals surface area contributed by atoms with Gasteiger partial charge in [-0.2, -0.15) is 26.3 Å². The second-order valence-electron chi connectivity index (χ2n) is 5.03. The van der Waals surface area contributed by atoms with Gasteiger partial charge >= 0.3 is 18.0 Å². The molecular weight excluding hydrogens is 315 g/mol. The molecule has 1 nitrogen and oxygen atoms in total. The van der Waals surface area contributed by atoms with Crippen LogP contribution in [0.15, 0.2) is 18.2 Å². The Morgan fingerprint density at radius 2 is 1.45 bits per heavy atom. The van der Waals surface area contributed by atoms with E-state index in [-0.39, 0.29) is 17.7 Å². The predicted molar refractivity (Wildman–Crippen MR) is 69.0 cm³/mol. The van der Waals surface area contributed by atoms with Crippen LogP contribution in [0.4, 0.5) is 36.4 Å². The van der Waals surface area contributed by atoms with E-state index in [1.165, 1.54) is 0 Å². The molecule has 0 saturated heterocycles. The van der Waals surface area contributed by atoms with Crippen molar-refractivity contribution in [3.8, 4) is 0 Å². The normalized spacial score (nSPS) is 13.5. The van der Waals surface area contributed by atoms with Crippen LogP contribution in [0.3, 0.4) is 0 Å². The summed E-state index contributed by atoms with van der Waals surface area (Å²) in [6.45, 7) is 1.82. The molecule has 0 aliphatic rings. The van der Waals surface area contributed by atoms with E-state index in [9.17, 15) is 30.7 Å². The molecule has 0 atom stereocenters. The Balaban J connectivity index is 3.43. The number of alkyl halides is 7. The van der Waals surface area contributed by atoms with E-state index < -0.39 is 23.6 Å². The zero-order valence-electron chi connectivity index (χ0n) is 11.8. The molecular formula is C14H16F7N. The van der Waals surface area contributed by atoms with Gasteiger partial charge in [0.15, 0.2) is 0 Å². The Morgan fingerprint density at radius 3 is 1.91 bits per heavy atom. The fraction of sp³-hybridized carbons (Fsp3) is 0.571. The van der Waals surface area contributed by atoms with Gasteiger partial charge in [0.25, 0.3) is 0 Å². The summed E-state index contributed by atoms with van der Waals surface area (Å²) >= 11 is 0. The van der Waals surface area contributed by atoms with Crippen molar-refractivity contribution < 1.29 is 30.7 Å². The third-order valence-corrected chi connectivity index (χ3v) is 3.33. The maximum absolute atomic E-state index is 14.1. The van der Waals surface area contributed by atoms with Crippen molar-refractivity contribution in [3.05, 3.63) is 29.3 Å². The Hall–Kier alpha value is -1.47. The first-order valence-electron chi connectivity index (χ1n) is 6.66. The molecule has 22 heavy (non-hydrogen) atoms. The third kappa shape index (κ3) is 3.47. The van der Waals surface area contributed by atoms with E-state index in [4.69, 9.17) is 5.73 Å². The summed E-state index contributed by atoms with van der Waals surface area (Å²) < 4.78 is 91.1. The first-order valence-corrected chi connectivity index (χ1v) is 6.66. The van der Waals surface area contributed by atoms with Crippen LogP contribution in [-0.2, 0) is 12.1 Å². The molecule has 0 saturated carbocycles. The summed E-state index contributed by atoms with van der Waals surface area (Å²) in [7, 11) is 0. The average Bonchev–Trinajstić information content (AvgIpc) is 2.35. The molecule has 1 aromatic rings. The van der Waals surface area contributed by atoms with Crippen LogP contribution < -0.4 is 5.73 Å². The third-order valence-electron chi connectivity index (χ3n) is 3.33. The quantitative estimate of drug-likeness (QED) is 0.443. The van der Waals surface area contributed by atoms with Gasteiger partial charge in [0, 0.05) is 11.3 Å². The molecule has 0 bridgehead atoms. The minimum atomic E-state index is -6.11. The van der Waals surface area contributed by atoms with Crippen molar-refractivity contribution >= 4 is 5.69 Å². The van der Waals surface area contributed by atoms with Gasteiger partial charge in [0.1, 0.15) is 0 Å². The van der Waals surface area contributed by atoms with Crippen LogP contribution in [0.2, 0.25) is 0 Å². The zero-order valence-corrected chi connectivity index (χ0v) is 11.8. The highest BCUT2D eigenvalue weighted by Gasteiger charge is 2.73. The lowest BCUT2D eigenvalue weighted by Crippen LogP contribution is -2.51. The molecule has 0 radical (unpaired) electrons. The first-order chi connectivity index (χ1) is 9.95. The Bertz CT molecular complexity index is 491. The number of hydrogen-bond donors (Lipinski definition) is 1. The van der Waals surface area contributed by atoms with Crippen LogP contribution in [0.1, 0.15) is 37.3 Å². The smallest absolute Gasteiger partial charge is 0.399 e. The number of halogens is 7. The van der Waals surface area contributed by atoms with E-state index in [0.29, 0.717) is 18.9 Å². The predicted octanol–water partition coefficient (Wildman–Crippen LogP) is 5.29. The van der Waals surface area contributed by atoms with Crippen LogP contribution in [-0.4, -0.2) is 12.4 Å². The lowest BCUT2D eigenvalue weighted by atomic mass is 9.87. The molecule has 0 aliphatic heterocycles. The molecule has 2 N–H and O–H groups in total. The average molecular weight is 331 g/mol. The van der Waals surface area contributed by atoms with Gasteiger partial charge in [-0.25, -0.2) is 4.39 Å². The summed E-state index contributed by atoms with van der Waals surface area (Å²) in [6.07, 6.45) is -10.7. The van der Waals surface area contributed by atoms with Crippen molar-refractivity contribution in [2.24, 2.45) is 0 Å². The van der Waals surface area contributed by atoms with Crippen molar-refractivity contribution in [2.75, 3.05) is 5.73 Å². The van der Waals surface area contributed by atoms with Gasteiger partial charge in [-0.3, -0.25) is 0 Å². The van der Waals surface area contributed by atoms with Crippen molar-refractivity contribution in [2.45, 2.75) is 50.6 Å². The maximum Gasteiger partial charge on any atom is 0.435 e. The van der Waals surface area contributed by atoms with Crippen LogP contribution in [0.5, 0.6) is 0 Å². The number of nitrogens with two attached hydrogens (primary N) is 1. The van der Waals surface area contributed by atoms with Crippen LogP contribution in [0, 0.1) is 0 Å². The summed E-state index contributed by atoms with van der Waals surface area (Å²) in [5, 5.41) is 0. The van der Waals surface area contributed by atoms with Gasteiger partial charge in [-0.1, -0.05) is 25.8 Å². The highest BCUT2D eigenvalue weighted by molar-refractivity contribution is 5.48.